The minimum absolute atomic E-state index is 0.128. The van der Waals surface area contributed by atoms with Crippen LogP contribution in [-0.2, 0) is 11.3 Å². The summed E-state index contributed by atoms with van der Waals surface area (Å²) in [6.45, 7) is 8.05. The van der Waals surface area contributed by atoms with Gasteiger partial charge in [-0.05, 0) is 31.5 Å². The second kappa shape index (κ2) is 8.03. The molecule has 1 aliphatic rings. The minimum atomic E-state index is 0.128. The van der Waals surface area contributed by atoms with Gasteiger partial charge in [-0.2, -0.15) is 0 Å². The van der Waals surface area contributed by atoms with Crippen molar-refractivity contribution in [1.29, 1.82) is 0 Å². The molecule has 22 heavy (non-hydrogen) atoms. The Morgan fingerprint density at radius 2 is 2.00 bits per heavy atom. The third-order valence-corrected chi connectivity index (χ3v) is 3.80. The number of carbonyl (C=O) groups is 1. The summed E-state index contributed by atoms with van der Waals surface area (Å²) in [5.41, 5.74) is 1.10. The molecule has 1 aliphatic heterocycles. The Morgan fingerprint density at radius 3 is 2.59 bits per heavy atom. The van der Waals surface area contributed by atoms with E-state index in [1.54, 1.807) is 0 Å². The van der Waals surface area contributed by atoms with E-state index in [1.165, 1.54) is 0 Å². The van der Waals surface area contributed by atoms with Crippen LogP contribution in [0.5, 0.6) is 0 Å². The molecule has 0 radical (unpaired) electrons. The maximum absolute atomic E-state index is 12.4. The van der Waals surface area contributed by atoms with Crippen LogP contribution in [-0.4, -0.2) is 54.4 Å². The average molecular weight is 323 g/mol. The summed E-state index contributed by atoms with van der Waals surface area (Å²) in [6.07, 6.45) is 0. The molecule has 0 unspecified atom stereocenters. The van der Waals surface area contributed by atoms with Crippen LogP contribution in [0.2, 0.25) is 5.02 Å². The summed E-state index contributed by atoms with van der Waals surface area (Å²) in [5.74, 6) is 0.951. The molecule has 5 nitrogen and oxygen atoms in total. The first-order valence-corrected chi connectivity index (χ1v) is 8.07. The fourth-order valence-corrected chi connectivity index (χ4v) is 2.57. The Balaban J connectivity index is 1.96. The highest BCUT2D eigenvalue weighted by atomic mass is 35.5. The van der Waals surface area contributed by atoms with Crippen molar-refractivity contribution in [3.8, 4) is 0 Å². The molecular formula is C16H23ClN4O. The Morgan fingerprint density at radius 1 is 1.27 bits per heavy atom. The number of amides is 1. The molecule has 0 aromatic heterocycles. The van der Waals surface area contributed by atoms with Crippen molar-refractivity contribution in [2.75, 3.05) is 32.7 Å². The number of halogens is 1. The topological polar surface area (TPSA) is 47.9 Å². The van der Waals surface area contributed by atoms with Gasteiger partial charge in [-0.1, -0.05) is 23.7 Å². The number of hydrogen-bond donors (Lipinski definition) is 1. The van der Waals surface area contributed by atoms with Crippen molar-refractivity contribution >= 4 is 23.5 Å². The molecule has 1 amide bonds. The summed E-state index contributed by atoms with van der Waals surface area (Å²) in [5, 5.41) is 3.95. The lowest BCUT2D eigenvalue weighted by Gasteiger charge is -2.36. The lowest BCUT2D eigenvalue weighted by atomic mass is 10.2. The normalized spacial score (nSPS) is 16.1. The van der Waals surface area contributed by atoms with Crippen molar-refractivity contribution in [3.63, 3.8) is 0 Å². The lowest BCUT2D eigenvalue weighted by molar-refractivity contribution is -0.135. The van der Waals surface area contributed by atoms with E-state index in [0.29, 0.717) is 31.2 Å². The maximum Gasteiger partial charge on any atom is 0.242 e. The summed E-state index contributed by atoms with van der Waals surface area (Å²) in [7, 11) is 0. The van der Waals surface area contributed by atoms with E-state index in [1.807, 2.05) is 47.9 Å². The van der Waals surface area contributed by atoms with Gasteiger partial charge in [0.25, 0.3) is 0 Å². The third-order valence-electron chi connectivity index (χ3n) is 3.55. The van der Waals surface area contributed by atoms with E-state index in [9.17, 15) is 4.79 Å². The number of rotatable bonds is 4. The quantitative estimate of drug-likeness (QED) is 0.681. The molecule has 0 bridgehead atoms. The largest absolute Gasteiger partial charge is 0.357 e. The van der Waals surface area contributed by atoms with Crippen LogP contribution in [0.3, 0.4) is 0 Å². The number of benzene rings is 1. The highest BCUT2D eigenvalue weighted by molar-refractivity contribution is 6.30. The molecule has 1 aromatic carbocycles. The van der Waals surface area contributed by atoms with Crippen LogP contribution < -0.4 is 5.32 Å². The smallest absolute Gasteiger partial charge is 0.242 e. The molecule has 0 saturated carbocycles. The highest BCUT2D eigenvalue weighted by Gasteiger charge is 2.25. The van der Waals surface area contributed by atoms with Gasteiger partial charge in [-0.15, -0.1) is 0 Å². The number of hydrogen-bond acceptors (Lipinski definition) is 2. The van der Waals surface area contributed by atoms with Crippen LogP contribution in [0.15, 0.2) is 29.3 Å². The minimum Gasteiger partial charge on any atom is -0.357 e. The molecule has 2 rings (SSSR count). The van der Waals surface area contributed by atoms with Gasteiger partial charge in [0.15, 0.2) is 5.96 Å². The second-order valence-corrected chi connectivity index (χ2v) is 5.63. The zero-order valence-electron chi connectivity index (χ0n) is 13.2. The predicted molar refractivity (Wildman–Crippen MR) is 90.1 cm³/mol. The van der Waals surface area contributed by atoms with Gasteiger partial charge < -0.3 is 15.1 Å². The number of guanidine groups is 1. The predicted octanol–water partition coefficient (Wildman–Crippen LogP) is 1.97. The van der Waals surface area contributed by atoms with E-state index in [4.69, 9.17) is 11.6 Å². The van der Waals surface area contributed by atoms with E-state index < -0.39 is 0 Å². The van der Waals surface area contributed by atoms with Crippen LogP contribution in [0.25, 0.3) is 0 Å². The van der Waals surface area contributed by atoms with E-state index in [-0.39, 0.29) is 5.91 Å². The molecule has 0 spiro atoms. The third kappa shape index (κ3) is 4.37. The van der Waals surface area contributed by atoms with Gasteiger partial charge >= 0.3 is 0 Å². The zero-order chi connectivity index (χ0) is 15.9. The highest BCUT2D eigenvalue weighted by Crippen LogP contribution is 2.13. The molecule has 0 atom stereocenters. The first kappa shape index (κ1) is 16.6. The van der Waals surface area contributed by atoms with Gasteiger partial charge in [0.2, 0.25) is 5.91 Å². The van der Waals surface area contributed by atoms with Crippen molar-refractivity contribution in [3.05, 3.63) is 34.9 Å². The van der Waals surface area contributed by atoms with Crippen LogP contribution in [0, 0.1) is 0 Å². The SMILES string of the molecule is CCN=C(NCC)N1CCN(Cc2ccc(Cl)cc2)C(=O)C1. The van der Waals surface area contributed by atoms with Gasteiger partial charge in [0.05, 0.1) is 6.54 Å². The molecule has 1 heterocycles. The monoisotopic (exact) mass is 322 g/mol. The second-order valence-electron chi connectivity index (χ2n) is 5.19. The molecule has 1 fully saturated rings. The first-order valence-electron chi connectivity index (χ1n) is 7.69. The fraction of sp³-hybridized carbons (Fsp3) is 0.500. The van der Waals surface area contributed by atoms with E-state index in [2.05, 4.69) is 10.3 Å². The summed E-state index contributed by atoms with van der Waals surface area (Å²) in [4.78, 5) is 20.7. The summed E-state index contributed by atoms with van der Waals surface area (Å²) in [6, 6.07) is 7.64. The number of carbonyl (C=O) groups excluding carboxylic acids is 1. The first-order chi connectivity index (χ1) is 10.6. The summed E-state index contributed by atoms with van der Waals surface area (Å²) >= 11 is 5.89. The lowest BCUT2D eigenvalue weighted by Crippen LogP contribution is -2.54. The van der Waals surface area contributed by atoms with Gasteiger partial charge in [-0.25, -0.2) is 0 Å². The molecule has 6 heteroatoms. The number of nitrogens with zero attached hydrogens (tertiary/aromatic N) is 3. The Labute approximate surface area is 137 Å². The van der Waals surface area contributed by atoms with Crippen molar-refractivity contribution in [1.82, 2.24) is 15.1 Å². The molecular weight excluding hydrogens is 300 g/mol. The number of nitrogens with one attached hydrogen (secondary N) is 1. The number of aliphatic imine (C=N–C) groups is 1. The molecule has 0 aliphatic carbocycles. The van der Waals surface area contributed by atoms with Gasteiger partial charge in [0.1, 0.15) is 0 Å². The maximum atomic E-state index is 12.4. The van der Waals surface area contributed by atoms with Gasteiger partial charge in [0, 0.05) is 37.7 Å². The standard InChI is InChI=1S/C16H23ClN4O/c1-3-18-16(19-4-2)21-10-9-20(15(22)12-21)11-13-5-7-14(17)8-6-13/h5-8H,3-4,9-12H2,1-2H3,(H,18,19). The van der Waals surface area contributed by atoms with Crippen molar-refractivity contribution < 1.29 is 4.79 Å². The van der Waals surface area contributed by atoms with E-state index in [0.717, 1.165) is 24.6 Å². The Kier molecular flexibility index (Phi) is 6.07. The van der Waals surface area contributed by atoms with Crippen LogP contribution in [0.1, 0.15) is 19.4 Å². The molecule has 1 N–H and O–H groups in total. The Hall–Kier alpha value is -1.75. The van der Waals surface area contributed by atoms with E-state index >= 15 is 0 Å². The molecule has 120 valence electrons. The number of piperazine rings is 1. The molecule has 1 aromatic rings. The van der Waals surface area contributed by atoms with Crippen LogP contribution >= 0.6 is 11.6 Å². The van der Waals surface area contributed by atoms with Crippen LogP contribution in [0.4, 0.5) is 0 Å². The average Bonchev–Trinajstić information content (AvgIpc) is 2.51. The fourth-order valence-electron chi connectivity index (χ4n) is 2.44. The van der Waals surface area contributed by atoms with Crippen molar-refractivity contribution in [2.24, 2.45) is 4.99 Å². The summed E-state index contributed by atoms with van der Waals surface area (Å²) < 4.78 is 0. The zero-order valence-corrected chi connectivity index (χ0v) is 13.9. The van der Waals surface area contributed by atoms with Gasteiger partial charge in [-0.3, -0.25) is 9.79 Å². The van der Waals surface area contributed by atoms with Crippen molar-refractivity contribution in [2.45, 2.75) is 20.4 Å². The molecule has 1 saturated heterocycles. The Bertz CT molecular complexity index is 529.